The van der Waals surface area contributed by atoms with Gasteiger partial charge in [0.2, 0.25) is 0 Å². The van der Waals surface area contributed by atoms with Crippen molar-refractivity contribution in [2.45, 2.75) is 24.7 Å². The van der Waals surface area contributed by atoms with E-state index in [1.165, 1.54) is 6.07 Å². The summed E-state index contributed by atoms with van der Waals surface area (Å²) in [6.07, 6.45) is 0. The predicted molar refractivity (Wildman–Crippen MR) is 95.8 cm³/mol. The van der Waals surface area contributed by atoms with Crippen LogP contribution in [0.1, 0.15) is 35.7 Å². The van der Waals surface area contributed by atoms with Crippen LogP contribution in [0.5, 0.6) is 5.75 Å². The minimum atomic E-state index is -3.97. The van der Waals surface area contributed by atoms with Crippen molar-refractivity contribution in [2.75, 3.05) is 6.73 Å². The molecule has 25 heavy (non-hydrogen) atoms. The summed E-state index contributed by atoms with van der Waals surface area (Å²) in [6.45, 7) is 3.30. The molecule has 0 bridgehead atoms. The van der Waals surface area contributed by atoms with E-state index < -0.39 is 22.7 Å². The number of carbonyl (C=O) groups excluding carboxylic acids is 1. The zero-order valence-corrected chi connectivity index (χ0v) is 15.8. The highest BCUT2D eigenvalue weighted by molar-refractivity contribution is 7.90. The van der Waals surface area contributed by atoms with Gasteiger partial charge >= 0.3 is 0 Å². The van der Waals surface area contributed by atoms with E-state index in [1.807, 2.05) is 13.8 Å². The first-order valence-corrected chi connectivity index (χ1v) is 9.71. The van der Waals surface area contributed by atoms with Crippen molar-refractivity contribution >= 4 is 39.1 Å². The maximum absolute atomic E-state index is 12.7. The molecule has 0 fully saturated rings. The van der Waals surface area contributed by atoms with Crippen LogP contribution < -0.4 is 4.74 Å². The fraction of sp³-hybridized carbons (Fsp3) is 0.235. The van der Waals surface area contributed by atoms with Crippen molar-refractivity contribution in [3.63, 3.8) is 0 Å². The van der Waals surface area contributed by atoms with Crippen molar-refractivity contribution < 1.29 is 17.9 Å². The highest BCUT2D eigenvalue weighted by Gasteiger charge is 2.43. The molecular weight excluding hydrogens is 385 g/mol. The van der Waals surface area contributed by atoms with Crippen LogP contribution in [0, 0.1) is 0 Å². The molecule has 1 amide bonds. The lowest BCUT2D eigenvalue weighted by molar-refractivity contribution is 0.0789. The third kappa shape index (κ3) is 2.99. The molecule has 0 aliphatic carbocycles. The Morgan fingerprint density at radius 3 is 2.28 bits per heavy atom. The first-order chi connectivity index (χ1) is 11.7. The van der Waals surface area contributed by atoms with Crippen molar-refractivity contribution in [2.24, 2.45) is 0 Å². The van der Waals surface area contributed by atoms with E-state index in [4.69, 9.17) is 27.9 Å². The van der Waals surface area contributed by atoms with Gasteiger partial charge in [0.15, 0.2) is 12.5 Å². The van der Waals surface area contributed by atoms with Gasteiger partial charge in [0.05, 0.1) is 15.6 Å². The summed E-state index contributed by atoms with van der Waals surface area (Å²) >= 11 is 12.0. The van der Waals surface area contributed by atoms with Crippen molar-refractivity contribution in [3.8, 4) is 5.75 Å². The molecular formula is C17H15Cl2NO4S. The Bertz CT molecular complexity index is 937. The number of hydrogen-bond donors (Lipinski definition) is 0. The zero-order valence-electron chi connectivity index (χ0n) is 13.5. The number of halogens is 2. The number of para-hydroxylation sites is 1. The van der Waals surface area contributed by atoms with E-state index >= 15 is 0 Å². The number of carbonyl (C=O) groups is 1. The largest absolute Gasteiger partial charge is 0.469 e. The average Bonchev–Trinajstić information content (AvgIpc) is 2.74. The Labute approximate surface area is 156 Å². The molecule has 0 spiro atoms. The first-order valence-electron chi connectivity index (χ1n) is 7.52. The van der Waals surface area contributed by atoms with Crippen LogP contribution in [0.2, 0.25) is 10.0 Å². The number of benzene rings is 2. The lowest BCUT2D eigenvalue weighted by Gasteiger charge is -2.17. The van der Waals surface area contributed by atoms with Gasteiger partial charge in [0, 0.05) is 0 Å². The lowest BCUT2D eigenvalue weighted by atomic mass is 9.97. The number of nitrogens with zero attached hydrogens (tertiary/aromatic N) is 1. The maximum atomic E-state index is 12.7. The second-order valence-corrected chi connectivity index (χ2v) is 8.50. The predicted octanol–water partition coefficient (Wildman–Crippen LogP) is 4.30. The minimum Gasteiger partial charge on any atom is -0.469 e. The van der Waals surface area contributed by atoms with Crippen LogP contribution in [-0.2, 0) is 10.0 Å². The minimum absolute atomic E-state index is 0.00226. The molecule has 0 atom stereocenters. The molecule has 132 valence electrons. The van der Waals surface area contributed by atoms with Gasteiger partial charge in [-0.3, -0.25) is 4.79 Å². The molecule has 2 aromatic rings. The van der Waals surface area contributed by atoms with E-state index in [0.29, 0.717) is 9.87 Å². The summed E-state index contributed by atoms with van der Waals surface area (Å²) in [5, 5.41) is 0.467. The number of sulfonamides is 1. The molecule has 1 heterocycles. The molecule has 0 N–H and O–H groups in total. The lowest BCUT2D eigenvalue weighted by Crippen LogP contribution is -2.34. The molecule has 8 heteroatoms. The van der Waals surface area contributed by atoms with Gasteiger partial charge in [-0.2, -0.15) is 4.31 Å². The van der Waals surface area contributed by atoms with Crippen LogP contribution in [0.4, 0.5) is 0 Å². The monoisotopic (exact) mass is 399 g/mol. The number of rotatable bonds is 4. The molecule has 0 radical (unpaired) electrons. The van der Waals surface area contributed by atoms with Crippen LogP contribution in [-0.4, -0.2) is 25.4 Å². The van der Waals surface area contributed by atoms with Gasteiger partial charge in [0.25, 0.3) is 15.9 Å². The first kappa shape index (κ1) is 18.0. The summed E-state index contributed by atoms with van der Waals surface area (Å²) in [5.74, 6) is -0.468. The smallest absolute Gasteiger partial charge is 0.272 e. The number of hydrogen-bond acceptors (Lipinski definition) is 4. The topological polar surface area (TPSA) is 63.7 Å². The highest BCUT2D eigenvalue weighted by atomic mass is 35.5. The normalized spacial score (nSPS) is 15.6. The Hall–Kier alpha value is -1.76. The van der Waals surface area contributed by atoms with E-state index in [2.05, 4.69) is 0 Å². The van der Waals surface area contributed by atoms with Gasteiger partial charge in [-0.1, -0.05) is 55.2 Å². The molecule has 2 aromatic carbocycles. The summed E-state index contributed by atoms with van der Waals surface area (Å²) in [4.78, 5) is 12.7. The zero-order chi connectivity index (χ0) is 18.4. The highest BCUT2D eigenvalue weighted by Crippen LogP contribution is 2.37. The van der Waals surface area contributed by atoms with Crippen molar-refractivity contribution in [3.05, 3.63) is 57.6 Å². The van der Waals surface area contributed by atoms with Crippen LogP contribution in [0.3, 0.4) is 0 Å². The van der Waals surface area contributed by atoms with E-state index in [0.717, 1.165) is 0 Å². The molecule has 5 nitrogen and oxygen atoms in total. The fourth-order valence-electron chi connectivity index (χ4n) is 2.70. The second kappa shape index (κ2) is 6.52. The molecule has 3 rings (SSSR count). The van der Waals surface area contributed by atoms with Crippen LogP contribution in [0.15, 0.2) is 41.3 Å². The SMILES string of the molecule is CC(C)c1cccc2c1C(=O)N(COc1c(Cl)cccc1Cl)S2(=O)=O. The molecule has 0 aromatic heterocycles. The fourth-order valence-corrected chi connectivity index (χ4v) is 4.66. The standard InChI is InChI=1S/C17H15Cl2NO4S/c1-10(2)11-5-3-8-14-15(11)17(21)20(25(14,22)23)9-24-16-12(18)6-4-7-13(16)19/h3-8,10H,9H2,1-2H3. The van der Waals surface area contributed by atoms with E-state index in [-0.39, 0.29) is 32.2 Å². The van der Waals surface area contributed by atoms with E-state index in [9.17, 15) is 13.2 Å². The maximum Gasteiger partial charge on any atom is 0.272 e. The Balaban J connectivity index is 1.97. The number of fused-ring (bicyclic) bond motifs is 1. The van der Waals surface area contributed by atoms with Gasteiger partial charge in [-0.15, -0.1) is 0 Å². The average molecular weight is 400 g/mol. The Kier molecular flexibility index (Phi) is 4.70. The third-order valence-corrected chi connectivity index (χ3v) is 6.28. The summed E-state index contributed by atoms with van der Waals surface area (Å²) in [6, 6.07) is 9.58. The van der Waals surface area contributed by atoms with Crippen molar-refractivity contribution in [1.29, 1.82) is 0 Å². The molecule has 0 saturated heterocycles. The molecule has 1 aliphatic rings. The summed E-state index contributed by atoms with van der Waals surface area (Å²) < 4.78 is 31.6. The Morgan fingerprint density at radius 1 is 1.08 bits per heavy atom. The number of amides is 1. The Morgan fingerprint density at radius 2 is 1.68 bits per heavy atom. The quantitative estimate of drug-likeness (QED) is 0.768. The van der Waals surface area contributed by atoms with Gasteiger partial charge < -0.3 is 4.74 Å². The van der Waals surface area contributed by atoms with Gasteiger partial charge in [-0.05, 0) is 29.7 Å². The molecule has 0 saturated carbocycles. The van der Waals surface area contributed by atoms with E-state index in [1.54, 1.807) is 30.3 Å². The second-order valence-electron chi connectivity index (χ2n) is 5.86. The third-order valence-electron chi connectivity index (χ3n) is 3.93. The van der Waals surface area contributed by atoms with Crippen LogP contribution in [0.25, 0.3) is 0 Å². The summed E-state index contributed by atoms with van der Waals surface area (Å²) in [7, 11) is -3.97. The van der Waals surface area contributed by atoms with Crippen LogP contribution >= 0.6 is 23.2 Å². The molecule has 1 aliphatic heterocycles. The van der Waals surface area contributed by atoms with Crippen molar-refractivity contribution in [1.82, 2.24) is 4.31 Å². The molecule has 0 unspecified atom stereocenters. The number of ether oxygens (including phenoxy) is 1. The van der Waals surface area contributed by atoms with Gasteiger partial charge in [0.1, 0.15) is 4.90 Å². The summed E-state index contributed by atoms with van der Waals surface area (Å²) in [5.41, 5.74) is 0.885. The van der Waals surface area contributed by atoms with Gasteiger partial charge in [-0.25, -0.2) is 8.42 Å².